The molecule has 3 aromatic rings. The fraction of sp³-hybridized carbons (Fsp3) is 0.200. The molecule has 9 heteroatoms. The van der Waals surface area contributed by atoms with Gasteiger partial charge in [-0.2, -0.15) is 0 Å². The van der Waals surface area contributed by atoms with Crippen molar-refractivity contribution in [1.82, 2.24) is 4.90 Å². The van der Waals surface area contributed by atoms with Crippen LogP contribution in [0.15, 0.2) is 71.6 Å². The molecule has 2 aliphatic rings. The van der Waals surface area contributed by atoms with E-state index in [4.69, 9.17) is 20.2 Å². The van der Waals surface area contributed by atoms with Gasteiger partial charge in [0.05, 0.1) is 18.6 Å². The predicted molar refractivity (Wildman–Crippen MR) is 125 cm³/mol. The van der Waals surface area contributed by atoms with Gasteiger partial charge in [-0.25, -0.2) is 18.0 Å². The van der Waals surface area contributed by atoms with Crippen LogP contribution < -0.4 is 0 Å². The molecule has 174 valence electrons. The van der Waals surface area contributed by atoms with E-state index in [1.54, 1.807) is 0 Å². The van der Waals surface area contributed by atoms with Gasteiger partial charge in [0.1, 0.15) is 6.61 Å². The van der Waals surface area contributed by atoms with Crippen LogP contribution in [0.2, 0.25) is 0 Å². The summed E-state index contributed by atoms with van der Waals surface area (Å²) in [5, 5.41) is 0. The van der Waals surface area contributed by atoms with Crippen molar-refractivity contribution in [2.75, 3.05) is 13.7 Å². The number of carbonyl (C=O) groups is 2. The van der Waals surface area contributed by atoms with Gasteiger partial charge < -0.3 is 9.47 Å². The van der Waals surface area contributed by atoms with E-state index in [2.05, 4.69) is 0 Å². The van der Waals surface area contributed by atoms with Crippen LogP contribution in [0.3, 0.4) is 0 Å². The predicted octanol–water partition coefficient (Wildman–Crippen LogP) is 4.59. The quantitative estimate of drug-likeness (QED) is 0.387. The Labute approximate surface area is 201 Å². The lowest BCUT2D eigenvalue weighted by Crippen LogP contribution is -2.35. The molecule has 34 heavy (non-hydrogen) atoms. The van der Waals surface area contributed by atoms with E-state index < -0.39 is 27.2 Å². The van der Waals surface area contributed by atoms with E-state index in [1.807, 2.05) is 48.5 Å². The summed E-state index contributed by atoms with van der Waals surface area (Å²) in [6.07, 6.45) is -0.691. The van der Waals surface area contributed by atoms with Crippen LogP contribution in [0.4, 0.5) is 4.79 Å². The van der Waals surface area contributed by atoms with Crippen LogP contribution in [-0.4, -0.2) is 39.1 Å². The number of halogens is 1. The standard InChI is InChI=1S/C25H20ClNO6S/c1-32-24(28)23-17-11-10-16(34(26,30)31)12-15(17)13-27(23)25(29)33-14-22-20-8-4-2-6-18(20)19-7-3-5-9-21(19)22/h2-12,22-23H,13-14H2,1H3. The van der Waals surface area contributed by atoms with Gasteiger partial charge >= 0.3 is 12.1 Å². The van der Waals surface area contributed by atoms with Gasteiger partial charge in [-0.05, 0) is 45.5 Å². The number of hydrogen-bond acceptors (Lipinski definition) is 6. The second-order valence-corrected chi connectivity index (χ2v) is 10.7. The Hall–Kier alpha value is -3.36. The minimum Gasteiger partial charge on any atom is -0.467 e. The second kappa shape index (κ2) is 8.45. The summed E-state index contributed by atoms with van der Waals surface area (Å²) >= 11 is 0. The number of ether oxygens (including phenoxy) is 2. The van der Waals surface area contributed by atoms with Crippen LogP contribution in [0, 0.1) is 0 Å². The molecule has 1 aliphatic heterocycles. The van der Waals surface area contributed by atoms with Gasteiger partial charge in [0.25, 0.3) is 9.05 Å². The highest BCUT2D eigenvalue weighted by molar-refractivity contribution is 8.13. The van der Waals surface area contributed by atoms with Gasteiger partial charge in [-0.1, -0.05) is 54.6 Å². The molecule has 0 spiro atoms. The Morgan fingerprint density at radius 1 is 0.971 bits per heavy atom. The molecule has 1 heterocycles. The maximum atomic E-state index is 13.2. The lowest BCUT2D eigenvalue weighted by Gasteiger charge is -2.24. The van der Waals surface area contributed by atoms with Crippen molar-refractivity contribution >= 4 is 31.8 Å². The number of hydrogen-bond donors (Lipinski definition) is 0. The first-order valence-electron chi connectivity index (χ1n) is 10.6. The summed E-state index contributed by atoms with van der Waals surface area (Å²) in [5.41, 5.74) is 5.32. The zero-order valence-electron chi connectivity index (χ0n) is 18.1. The Morgan fingerprint density at radius 3 is 2.18 bits per heavy atom. The summed E-state index contributed by atoms with van der Waals surface area (Å²) < 4.78 is 34.1. The highest BCUT2D eigenvalue weighted by Gasteiger charge is 2.41. The van der Waals surface area contributed by atoms with Crippen molar-refractivity contribution in [2.24, 2.45) is 0 Å². The van der Waals surface area contributed by atoms with Crippen molar-refractivity contribution in [3.05, 3.63) is 89.0 Å². The monoisotopic (exact) mass is 497 g/mol. The average molecular weight is 498 g/mol. The number of fused-ring (bicyclic) bond motifs is 4. The highest BCUT2D eigenvalue weighted by atomic mass is 35.7. The summed E-state index contributed by atoms with van der Waals surface area (Å²) in [5.74, 6) is -0.778. The zero-order valence-corrected chi connectivity index (χ0v) is 19.7. The molecule has 3 aromatic carbocycles. The van der Waals surface area contributed by atoms with Crippen molar-refractivity contribution in [1.29, 1.82) is 0 Å². The van der Waals surface area contributed by atoms with Crippen LogP contribution in [0.1, 0.15) is 34.2 Å². The normalized spacial score (nSPS) is 16.5. The van der Waals surface area contributed by atoms with E-state index in [-0.39, 0.29) is 24.0 Å². The Bertz CT molecular complexity index is 1370. The maximum Gasteiger partial charge on any atom is 0.411 e. The second-order valence-electron chi connectivity index (χ2n) is 8.16. The molecule has 0 saturated heterocycles. The van der Waals surface area contributed by atoms with Crippen molar-refractivity contribution in [2.45, 2.75) is 23.4 Å². The number of rotatable bonds is 4. The van der Waals surface area contributed by atoms with E-state index in [0.29, 0.717) is 11.1 Å². The van der Waals surface area contributed by atoms with Gasteiger partial charge in [0.15, 0.2) is 6.04 Å². The van der Waals surface area contributed by atoms with Crippen LogP contribution in [0.5, 0.6) is 0 Å². The van der Waals surface area contributed by atoms with E-state index in [9.17, 15) is 18.0 Å². The van der Waals surface area contributed by atoms with E-state index in [1.165, 1.54) is 30.2 Å². The molecular weight excluding hydrogens is 478 g/mol. The molecule has 0 fully saturated rings. The lowest BCUT2D eigenvalue weighted by molar-refractivity contribution is -0.146. The summed E-state index contributed by atoms with van der Waals surface area (Å²) in [4.78, 5) is 26.8. The smallest absolute Gasteiger partial charge is 0.411 e. The summed E-state index contributed by atoms with van der Waals surface area (Å²) in [6, 6.07) is 19.1. The first kappa shape index (κ1) is 22.4. The van der Waals surface area contributed by atoms with E-state index in [0.717, 1.165) is 22.3 Å². The number of carbonyl (C=O) groups excluding carboxylic acids is 2. The zero-order chi connectivity index (χ0) is 24.0. The Kier molecular flexibility index (Phi) is 5.58. The molecule has 1 atom stereocenters. The van der Waals surface area contributed by atoms with Crippen LogP contribution >= 0.6 is 10.7 Å². The van der Waals surface area contributed by atoms with Gasteiger partial charge in [-0.3, -0.25) is 4.90 Å². The summed E-state index contributed by atoms with van der Waals surface area (Å²) in [7, 11) is 2.73. The minimum atomic E-state index is -3.96. The number of methoxy groups -OCH3 is 1. The van der Waals surface area contributed by atoms with Crippen molar-refractivity contribution in [3.8, 4) is 11.1 Å². The first-order valence-corrected chi connectivity index (χ1v) is 12.9. The Morgan fingerprint density at radius 2 is 1.59 bits per heavy atom. The molecule has 0 bridgehead atoms. The first-order chi connectivity index (χ1) is 16.3. The third kappa shape index (κ3) is 3.73. The molecule has 1 amide bonds. The molecule has 0 aromatic heterocycles. The fourth-order valence-electron chi connectivity index (χ4n) is 4.79. The number of nitrogens with zero attached hydrogens (tertiary/aromatic N) is 1. The van der Waals surface area contributed by atoms with Crippen LogP contribution in [0.25, 0.3) is 11.1 Å². The number of benzene rings is 3. The molecule has 0 N–H and O–H groups in total. The maximum absolute atomic E-state index is 13.2. The van der Waals surface area contributed by atoms with Gasteiger partial charge in [0.2, 0.25) is 0 Å². The third-order valence-corrected chi connectivity index (χ3v) is 7.69. The van der Waals surface area contributed by atoms with E-state index >= 15 is 0 Å². The molecule has 0 saturated carbocycles. The fourth-order valence-corrected chi connectivity index (χ4v) is 5.59. The Balaban J connectivity index is 1.41. The lowest BCUT2D eigenvalue weighted by atomic mass is 9.98. The largest absolute Gasteiger partial charge is 0.467 e. The topological polar surface area (TPSA) is 90.0 Å². The molecule has 0 radical (unpaired) electrons. The molecule has 1 aliphatic carbocycles. The third-order valence-electron chi connectivity index (χ3n) is 6.34. The van der Waals surface area contributed by atoms with Crippen molar-refractivity contribution in [3.63, 3.8) is 0 Å². The van der Waals surface area contributed by atoms with Gasteiger partial charge in [-0.15, -0.1) is 0 Å². The SMILES string of the molecule is COC(=O)C1c2ccc(S(=O)(=O)Cl)cc2CN1C(=O)OCC1c2ccccc2-c2ccccc21. The van der Waals surface area contributed by atoms with Crippen molar-refractivity contribution < 1.29 is 27.5 Å². The average Bonchev–Trinajstić information content (AvgIpc) is 3.37. The molecule has 7 nitrogen and oxygen atoms in total. The number of esters is 1. The minimum absolute atomic E-state index is 0.00791. The van der Waals surface area contributed by atoms with Crippen LogP contribution in [-0.2, 0) is 29.9 Å². The molecule has 1 unspecified atom stereocenters. The van der Waals surface area contributed by atoms with Gasteiger partial charge in [0, 0.05) is 16.6 Å². The summed E-state index contributed by atoms with van der Waals surface area (Å²) in [6.45, 7) is 0.0843. The number of amides is 1. The molecule has 5 rings (SSSR count). The highest BCUT2D eigenvalue weighted by Crippen LogP contribution is 2.45. The molecular formula is C25H20ClNO6S.